The Morgan fingerprint density at radius 1 is 0.407 bits per heavy atom. The second-order valence-electron chi connectivity index (χ2n) is 13.4. The van der Waals surface area contributed by atoms with Gasteiger partial charge in [-0.3, -0.25) is 0 Å². The van der Waals surface area contributed by atoms with Crippen LogP contribution in [0.5, 0.6) is 5.75 Å². The maximum Gasteiger partial charge on any atom is 0.338 e. The van der Waals surface area contributed by atoms with Crippen LogP contribution in [0.4, 0.5) is 0 Å². The molecular formula is C48H36N4O2. The van der Waals surface area contributed by atoms with Crippen LogP contribution in [0.2, 0.25) is 0 Å². The molecule has 0 saturated heterocycles. The molecule has 0 atom stereocenters. The third kappa shape index (κ3) is 6.06. The molecule has 6 heteroatoms. The Morgan fingerprint density at radius 3 is 1.04 bits per heavy atom. The lowest BCUT2D eigenvalue weighted by molar-refractivity contribution is -0.130. The Hall–Kier alpha value is -7.31. The number of rotatable bonds is 6. The second-order valence-corrected chi connectivity index (χ2v) is 13.4. The first-order valence-corrected chi connectivity index (χ1v) is 17.9. The Kier molecular flexibility index (Phi) is 8.25. The lowest BCUT2D eigenvalue weighted by Crippen LogP contribution is -2.19. The molecular weight excluding hydrogens is 665 g/mol. The van der Waals surface area contributed by atoms with Crippen molar-refractivity contribution in [3.05, 3.63) is 242 Å². The van der Waals surface area contributed by atoms with Gasteiger partial charge in [0.1, 0.15) is 5.75 Å². The fourth-order valence-corrected chi connectivity index (χ4v) is 7.27. The van der Waals surface area contributed by atoms with Crippen molar-refractivity contribution in [1.29, 1.82) is 0 Å². The van der Waals surface area contributed by atoms with E-state index in [2.05, 4.69) is 148 Å². The number of hydrogen-bond donors (Lipinski definition) is 4. The fraction of sp³-hybridized carbons (Fsp3) is 0.0208. The number of aromatic nitrogens is 4. The average molecular weight is 701 g/mol. The van der Waals surface area contributed by atoms with E-state index >= 15 is 0 Å². The third-order valence-electron chi connectivity index (χ3n) is 9.79. The third-order valence-corrected chi connectivity index (χ3v) is 9.79. The first-order chi connectivity index (χ1) is 26.5. The molecule has 4 aromatic heterocycles. The minimum Gasteiger partial charge on any atom is -0.423 e. The van der Waals surface area contributed by atoms with Gasteiger partial charge < -0.3 is 24.7 Å². The number of carbonyl (C=O) groups is 1. The summed E-state index contributed by atoms with van der Waals surface area (Å²) in [5.41, 5.74) is 12.6. The monoisotopic (exact) mass is 700 g/mol. The molecule has 0 aliphatic carbocycles. The molecule has 8 aromatic rings. The summed E-state index contributed by atoms with van der Waals surface area (Å²) < 4.78 is 5.54. The van der Waals surface area contributed by atoms with Gasteiger partial charge in [0.25, 0.3) is 0 Å². The maximum absolute atomic E-state index is 12.3. The summed E-state index contributed by atoms with van der Waals surface area (Å²) in [5.74, 6) is 0.000557. The van der Waals surface area contributed by atoms with Gasteiger partial charge in [0.2, 0.25) is 0 Å². The molecule has 54 heavy (non-hydrogen) atoms. The van der Waals surface area contributed by atoms with Crippen molar-refractivity contribution in [1.82, 2.24) is 19.9 Å². The summed E-state index contributed by atoms with van der Waals surface area (Å²) >= 11 is 0. The molecule has 0 unspecified atom stereocenters. The van der Waals surface area contributed by atoms with Crippen LogP contribution in [0.15, 0.2) is 176 Å². The normalized spacial score (nSPS) is 12.5. The van der Waals surface area contributed by atoms with Gasteiger partial charge in [-0.05, 0) is 89.8 Å². The van der Waals surface area contributed by atoms with Crippen LogP contribution in [0.25, 0.3) is 22.3 Å². The molecule has 0 spiro atoms. The van der Waals surface area contributed by atoms with Gasteiger partial charge in [-0.15, -0.1) is 0 Å². The van der Waals surface area contributed by atoms with Crippen molar-refractivity contribution in [2.45, 2.75) is 6.92 Å². The summed E-state index contributed by atoms with van der Waals surface area (Å²) in [4.78, 5) is 27.6. The van der Waals surface area contributed by atoms with Gasteiger partial charge in [-0.25, -0.2) is 4.79 Å². The van der Waals surface area contributed by atoms with E-state index in [0.717, 1.165) is 88.7 Å². The van der Waals surface area contributed by atoms with Crippen molar-refractivity contribution in [2.24, 2.45) is 0 Å². The largest absolute Gasteiger partial charge is 0.423 e. The summed E-state index contributed by atoms with van der Waals surface area (Å²) in [7, 11) is 0. The van der Waals surface area contributed by atoms with Crippen molar-refractivity contribution >= 4 is 28.3 Å². The Labute approximate surface area is 311 Å². The second kappa shape index (κ2) is 13.7. The van der Waals surface area contributed by atoms with Crippen molar-refractivity contribution < 1.29 is 9.53 Å². The molecule has 0 saturated carbocycles. The number of nitrogens with one attached hydrogen (secondary N) is 4. The number of H-pyrrole nitrogens is 4. The minimum atomic E-state index is -0.454. The van der Waals surface area contributed by atoms with Gasteiger partial charge in [0.05, 0.1) is 0 Å². The molecule has 8 bridgehead atoms. The molecule has 1 aliphatic rings. The van der Waals surface area contributed by atoms with Crippen LogP contribution in [-0.2, 0) is 4.79 Å². The summed E-state index contributed by atoms with van der Waals surface area (Å²) in [6.45, 7) is 5.36. The zero-order valence-electron chi connectivity index (χ0n) is 29.6. The number of hydrogen-bond acceptors (Lipinski definition) is 2. The maximum atomic E-state index is 12.3. The lowest BCUT2D eigenvalue weighted by atomic mass is 10.0. The highest BCUT2D eigenvalue weighted by Gasteiger charge is 2.18. The number of esters is 1. The molecule has 1 aliphatic heterocycles. The number of benzene rings is 4. The highest BCUT2D eigenvalue weighted by molar-refractivity contribution is 5.89. The molecule has 260 valence electrons. The Balaban J connectivity index is 1.37. The van der Waals surface area contributed by atoms with E-state index in [-0.39, 0.29) is 0 Å². The van der Waals surface area contributed by atoms with E-state index in [0.29, 0.717) is 11.3 Å². The average Bonchev–Trinajstić information content (AvgIpc) is 4.05. The molecule has 0 fully saturated rings. The van der Waals surface area contributed by atoms with E-state index in [4.69, 9.17) is 4.74 Å². The van der Waals surface area contributed by atoms with Gasteiger partial charge in [0, 0.05) is 72.0 Å². The molecule has 5 heterocycles. The van der Waals surface area contributed by atoms with Gasteiger partial charge in [0.15, 0.2) is 0 Å². The summed E-state index contributed by atoms with van der Waals surface area (Å²) in [6, 6.07) is 56.2. The predicted octanol–water partition coefficient (Wildman–Crippen LogP) is 6.78. The fourth-order valence-electron chi connectivity index (χ4n) is 7.27. The molecule has 0 amide bonds. The van der Waals surface area contributed by atoms with Crippen LogP contribution in [0.3, 0.4) is 0 Å². The van der Waals surface area contributed by atoms with Gasteiger partial charge in [-0.1, -0.05) is 110 Å². The van der Waals surface area contributed by atoms with Crippen molar-refractivity contribution in [3.63, 3.8) is 0 Å². The molecule has 4 N–H and O–H groups in total. The van der Waals surface area contributed by atoms with Crippen molar-refractivity contribution in [2.75, 3.05) is 0 Å². The Bertz CT molecular complexity index is 2920. The Morgan fingerprint density at radius 2 is 0.722 bits per heavy atom. The first-order valence-electron chi connectivity index (χ1n) is 17.9. The topological polar surface area (TPSA) is 89.5 Å². The summed E-state index contributed by atoms with van der Waals surface area (Å²) in [5, 5.41) is 3.88. The van der Waals surface area contributed by atoms with Crippen LogP contribution in [0, 0.1) is 0 Å². The zero-order chi connectivity index (χ0) is 36.6. The molecule has 6 nitrogen and oxygen atoms in total. The number of carbonyl (C=O) groups excluding carboxylic acids is 1. The lowest BCUT2D eigenvalue weighted by Gasteiger charge is -2.10. The van der Waals surface area contributed by atoms with Crippen LogP contribution < -0.4 is 26.1 Å². The van der Waals surface area contributed by atoms with Gasteiger partial charge >= 0.3 is 5.97 Å². The summed E-state index contributed by atoms with van der Waals surface area (Å²) in [6.07, 6.45) is 0. The number of fused-ring (bicyclic) bond motifs is 8. The smallest absolute Gasteiger partial charge is 0.338 e. The quantitative estimate of drug-likeness (QED) is 0.0876. The molecule has 9 rings (SSSR count). The van der Waals surface area contributed by atoms with E-state index in [1.165, 1.54) is 0 Å². The first kappa shape index (κ1) is 32.6. The molecule has 4 aromatic carbocycles. The van der Waals surface area contributed by atoms with E-state index in [9.17, 15) is 4.79 Å². The standard InChI is InChI=1S/C48H36N4O2/c1-30(2)48(53)54-35-20-18-34(19-21-35)47-42-28-26-40(51-42)45(32-14-8-4-9-15-32)38-24-22-36(49-38)44(31-12-6-3-7-13-31)37-23-25-39(50-37)46(33-16-10-5-11-17-33)41-27-29-43(47)52-41/h3-29,49-52H,1H2,2H3. The van der Waals surface area contributed by atoms with Gasteiger partial charge in [-0.2, -0.15) is 0 Å². The van der Waals surface area contributed by atoms with Crippen LogP contribution in [-0.4, -0.2) is 25.9 Å². The SMILES string of the molecule is C=C(C)C(=O)Oc1ccc(C2=c3ccc([nH]3)=C(c3ccccc3)c3ccc([nH]3)C(c3ccccc3)=c3ccc([nH]3)=C(c3ccccc3)c3ccc2[nH]3)cc1. The highest BCUT2D eigenvalue weighted by Crippen LogP contribution is 2.28. The zero-order valence-corrected chi connectivity index (χ0v) is 29.6. The van der Waals surface area contributed by atoms with Crippen molar-refractivity contribution in [3.8, 4) is 5.75 Å². The van der Waals surface area contributed by atoms with E-state index in [1.807, 2.05) is 42.5 Å². The van der Waals surface area contributed by atoms with Crippen LogP contribution >= 0.6 is 0 Å². The van der Waals surface area contributed by atoms with E-state index < -0.39 is 5.97 Å². The van der Waals surface area contributed by atoms with Crippen LogP contribution in [0.1, 0.15) is 52.0 Å². The minimum absolute atomic E-state index is 0.345. The van der Waals surface area contributed by atoms with E-state index in [1.54, 1.807) is 6.92 Å². The highest BCUT2D eigenvalue weighted by atomic mass is 16.5. The molecule has 0 radical (unpaired) electrons. The number of aromatic amines is 4. The number of ether oxygens (including phenoxy) is 1. The predicted molar refractivity (Wildman–Crippen MR) is 214 cm³/mol.